The highest BCUT2D eigenvalue weighted by molar-refractivity contribution is 6.04. The molecule has 6 nitrogen and oxygen atoms in total. The van der Waals surface area contributed by atoms with E-state index in [1.807, 2.05) is 62.5 Å². The number of nitrogens with one attached hydrogen (secondary N) is 1. The summed E-state index contributed by atoms with van der Waals surface area (Å²) in [5.74, 6) is 0.848. The third-order valence-corrected chi connectivity index (χ3v) is 5.75. The number of carbonyl (C=O) groups is 1. The van der Waals surface area contributed by atoms with Crippen LogP contribution in [0.2, 0.25) is 0 Å². The number of pyridine rings is 1. The fraction of sp³-hybridized carbons (Fsp3) is 0.214. The highest BCUT2D eigenvalue weighted by Gasteiger charge is 2.12. The first-order chi connectivity index (χ1) is 16.4. The maximum atomic E-state index is 12.6. The highest BCUT2D eigenvalue weighted by atomic mass is 16.5. The number of amides is 1. The molecule has 4 aromatic rings. The Kier molecular flexibility index (Phi) is 6.97. The Labute approximate surface area is 200 Å². The van der Waals surface area contributed by atoms with E-state index < -0.39 is 0 Å². The van der Waals surface area contributed by atoms with Gasteiger partial charge in [-0.25, -0.2) is 4.98 Å². The number of aromatic nitrogens is 3. The molecule has 0 aliphatic carbocycles. The largest absolute Gasteiger partial charge is 0.496 e. The summed E-state index contributed by atoms with van der Waals surface area (Å²) in [6, 6.07) is 15.8. The van der Waals surface area contributed by atoms with Crippen molar-refractivity contribution in [3.8, 4) is 17.0 Å². The van der Waals surface area contributed by atoms with Crippen LogP contribution >= 0.6 is 0 Å². The van der Waals surface area contributed by atoms with E-state index in [1.165, 1.54) is 0 Å². The Morgan fingerprint density at radius 1 is 1.00 bits per heavy atom. The Morgan fingerprint density at radius 3 is 2.62 bits per heavy atom. The zero-order valence-electron chi connectivity index (χ0n) is 19.9. The van der Waals surface area contributed by atoms with Crippen LogP contribution in [-0.2, 0) is 6.42 Å². The fourth-order valence-corrected chi connectivity index (χ4v) is 3.86. The summed E-state index contributed by atoms with van der Waals surface area (Å²) in [7, 11) is 1.67. The Bertz CT molecular complexity index is 1320. The summed E-state index contributed by atoms with van der Waals surface area (Å²) in [6.07, 6.45) is 7.61. The molecule has 0 spiro atoms. The molecule has 2 aromatic carbocycles. The van der Waals surface area contributed by atoms with Crippen molar-refractivity contribution in [2.75, 3.05) is 12.4 Å². The van der Waals surface area contributed by atoms with Gasteiger partial charge in [0.2, 0.25) is 0 Å². The quantitative estimate of drug-likeness (QED) is 0.386. The van der Waals surface area contributed by atoms with Crippen molar-refractivity contribution in [2.24, 2.45) is 0 Å². The van der Waals surface area contributed by atoms with Crippen molar-refractivity contribution >= 4 is 11.6 Å². The lowest BCUT2D eigenvalue weighted by atomic mass is 9.95. The number of hydrogen-bond acceptors (Lipinski definition) is 5. The van der Waals surface area contributed by atoms with E-state index in [4.69, 9.17) is 9.72 Å². The molecule has 0 unspecified atom stereocenters. The third-order valence-electron chi connectivity index (χ3n) is 5.75. The normalized spacial score (nSPS) is 11.6. The first-order valence-electron chi connectivity index (χ1n) is 11.2. The zero-order valence-corrected chi connectivity index (χ0v) is 19.9. The minimum atomic E-state index is -0.173. The average Bonchev–Trinajstić information content (AvgIpc) is 2.84. The van der Waals surface area contributed by atoms with E-state index in [9.17, 15) is 4.79 Å². The lowest BCUT2D eigenvalue weighted by Gasteiger charge is -2.14. The van der Waals surface area contributed by atoms with E-state index in [2.05, 4.69) is 28.3 Å². The first kappa shape index (κ1) is 23.1. The van der Waals surface area contributed by atoms with Gasteiger partial charge >= 0.3 is 0 Å². The molecule has 0 fully saturated rings. The van der Waals surface area contributed by atoms with Gasteiger partial charge in [0.05, 0.1) is 30.3 Å². The molecule has 0 radical (unpaired) electrons. The van der Waals surface area contributed by atoms with Crippen molar-refractivity contribution in [3.05, 3.63) is 101 Å². The van der Waals surface area contributed by atoms with Crippen LogP contribution in [0.5, 0.6) is 5.75 Å². The van der Waals surface area contributed by atoms with Crippen LogP contribution in [0.15, 0.2) is 73.3 Å². The third kappa shape index (κ3) is 5.46. The fourth-order valence-electron chi connectivity index (χ4n) is 3.86. The van der Waals surface area contributed by atoms with Crippen molar-refractivity contribution in [1.29, 1.82) is 0 Å². The van der Waals surface area contributed by atoms with Crippen molar-refractivity contribution in [1.82, 2.24) is 15.0 Å². The molecule has 0 aliphatic rings. The van der Waals surface area contributed by atoms with Gasteiger partial charge in [-0.2, -0.15) is 0 Å². The van der Waals surface area contributed by atoms with Crippen molar-refractivity contribution in [2.45, 2.75) is 33.1 Å². The van der Waals surface area contributed by atoms with Gasteiger partial charge in [0.1, 0.15) is 5.75 Å². The van der Waals surface area contributed by atoms with E-state index in [0.717, 1.165) is 51.5 Å². The molecular formula is C28H28N4O2. The lowest BCUT2D eigenvalue weighted by molar-refractivity contribution is 0.102. The Hall–Kier alpha value is -4.06. The molecule has 6 heteroatoms. The number of anilines is 1. The molecule has 0 saturated carbocycles. The molecule has 0 aliphatic heterocycles. The van der Waals surface area contributed by atoms with Gasteiger partial charge in [-0.05, 0) is 67.1 Å². The Balaban J connectivity index is 1.48. The SMILES string of the molecule is COc1cc(-c2cncc(C[C@H](C)c3cccc(NC(=O)c4cncc(C)c4)c3)n2)ccc1C. The van der Waals surface area contributed by atoms with E-state index in [0.29, 0.717) is 5.56 Å². The smallest absolute Gasteiger partial charge is 0.257 e. The number of carbonyl (C=O) groups excluding carboxylic acids is 1. The van der Waals surface area contributed by atoms with Crippen molar-refractivity contribution in [3.63, 3.8) is 0 Å². The summed E-state index contributed by atoms with van der Waals surface area (Å²) in [5, 5.41) is 2.97. The molecule has 0 bridgehead atoms. The molecule has 172 valence electrons. The zero-order chi connectivity index (χ0) is 24.1. The highest BCUT2D eigenvalue weighted by Crippen LogP contribution is 2.27. The van der Waals surface area contributed by atoms with Gasteiger partial charge in [-0.1, -0.05) is 31.2 Å². The van der Waals surface area contributed by atoms with Gasteiger partial charge in [0.15, 0.2) is 0 Å². The van der Waals surface area contributed by atoms with Gasteiger partial charge in [-0.15, -0.1) is 0 Å². The molecular weight excluding hydrogens is 424 g/mol. The second-order valence-corrected chi connectivity index (χ2v) is 8.52. The molecule has 2 aromatic heterocycles. The molecule has 1 N–H and O–H groups in total. The molecule has 1 atom stereocenters. The predicted molar refractivity (Wildman–Crippen MR) is 134 cm³/mol. The van der Waals surface area contributed by atoms with Crippen LogP contribution in [0.25, 0.3) is 11.3 Å². The first-order valence-corrected chi connectivity index (χ1v) is 11.2. The van der Waals surface area contributed by atoms with Crippen LogP contribution in [0, 0.1) is 13.8 Å². The second kappa shape index (κ2) is 10.3. The monoisotopic (exact) mass is 452 g/mol. The number of aryl methyl sites for hydroxylation is 2. The van der Waals surface area contributed by atoms with E-state index >= 15 is 0 Å². The number of ether oxygens (including phenoxy) is 1. The average molecular weight is 453 g/mol. The number of benzene rings is 2. The van der Waals surface area contributed by atoms with Gasteiger partial charge in [0.25, 0.3) is 5.91 Å². The van der Waals surface area contributed by atoms with Crippen LogP contribution in [-0.4, -0.2) is 28.0 Å². The minimum absolute atomic E-state index is 0.173. The standard InChI is InChI=1S/C28H28N4O2/c1-18-10-23(15-29-14-18)28(33)32-24-7-5-6-21(12-24)20(3)11-25-16-30-17-26(31-25)22-9-8-19(2)27(13-22)34-4/h5-10,12-17,20H,11H2,1-4H3,(H,32,33)/t20-/m0/s1. The maximum Gasteiger partial charge on any atom is 0.257 e. The molecule has 1 amide bonds. The minimum Gasteiger partial charge on any atom is -0.496 e. The number of rotatable bonds is 7. The van der Waals surface area contributed by atoms with Gasteiger partial charge in [-0.3, -0.25) is 14.8 Å². The molecule has 2 heterocycles. The molecule has 34 heavy (non-hydrogen) atoms. The topological polar surface area (TPSA) is 77.0 Å². The van der Waals surface area contributed by atoms with Crippen molar-refractivity contribution < 1.29 is 9.53 Å². The van der Waals surface area contributed by atoms with Crippen LogP contribution in [0.1, 0.15) is 45.6 Å². The summed E-state index contributed by atoms with van der Waals surface area (Å²) in [4.78, 5) is 26.0. The predicted octanol–water partition coefficient (Wildman–Crippen LogP) is 5.76. The summed E-state index contributed by atoms with van der Waals surface area (Å²) in [5.41, 5.74) is 7.13. The summed E-state index contributed by atoms with van der Waals surface area (Å²) >= 11 is 0. The molecule has 0 saturated heterocycles. The van der Waals surface area contributed by atoms with Crippen LogP contribution < -0.4 is 10.1 Å². The Morgan fingerprint density at radius 2 is 1.82 bits per heavy atom. The number of methoxy groups -OCH3 is 1. The number of nitrogens with zero attached hydrogens (tertiary/aromatic N) is 3. The van der Waals surface area contributed by atoms with Gasteiger partial charge in [0, 0.05) is 29.8 Å². The van der Waals surface area contributed by atoms with Crippen LogP contribution in [0.3, 0.4) is 0 Å². The van der Waals surface area contributed by atoms with E-state index in [1.54, 1.807) is 25.7 Å². The summed E-state index contributed by atoms with van der Waals surface area (Å²) in [6.45, 7) is 6.08. The van der Waals surface area contributed by atoms with Crippen LogP contribution in [0.4, 0.5) is 5.69 Å². The van der Waals surface area contributed by atoms with Gasteiger partial charge < -0.3 is 10.1 Å². The number of hydrogen-bond donors (Lipinski definition) is 1. The van der Waals surface area contributed by atoms with E-state index in [-0.39, 0.29) is 11.8 Å². The lowest BCUT2D eigenvalue weighted by Crippen LogP contribution is -2.12. The molecule has 4 rings (SSSR count). The maximum absolute atomic E-state index is 12.6. The summed E-state index contributed by atoms with van der Waals surface area (Å²) < 4.78 is 5.45. The second-order valence-electron chi connectivity index (χ2n) is 8.52.